The Kier molecular flexibility index (Phi) is 5.48. The third-order valence-corrected chi connectivity index (χ3v) is 4.45. The van der Waals surface area contributed by atoms with E-state index in [4.69, 9.17) is 4.42 Å². The van der Waals surface area contributed by atoms with E-state index in [1.807, 2.05) is 49.2 Å². The van der Waals surface area contributed by atoms with E-state index in [1.54, 1.807) is 0 Å². The van der Waals surface area contributed by atoms with E-state index in [-0.39, 0.29) is 24.2 Å². The molecule has 1 unspecified atom stereocenters. The molecule has 0 radical (unpaired) electrons. The first-order valence-corrected chi connectivity index (χ1v) is 7.62. The molecule has 0 spiro atoms. The zero-order chi connectivity index (χ0) is 14.8. The highest BCUT2D eigenvalue weighted by atomic mass is 35.5. The number of para-hydroxylation sites is 1. The van der Waals surface area contributed by atoms with Gasteiger partial charge in [-0.25, -0.2) is 0 Å². The van der Waals surface area contributed by atoms with Crippen molar-refractivity contribution in [3.05, 3.63) is 36.1 Å². The van der Waals surface area contributed by atoms with Crippen LogP contribution in [0.3, 0.4) is 0 Å². The van der Waals surface area contributed by atoms with Crippen LogP contribution in [-0.2, 0) is 4.79 Å². The summed E-state index contributed by atoms with van der Waals surface area (Å²) in [6.07, 6.45) is 2.05. The number of carbonyl (C=O) groups is 1. The van der Waals surface area contributed by atoms with Gasteiger partial charge in [-0.1, -0.05) is 18.2 Å². The molecule has 1 N–H and O–H groups in total. The fraction of sp³-hybridized carbons (Fsp3) is 0.471. The molecule has 1 atom stereocenters. The summed E-state index contributed by atoms with van der Waals surface area (Å²) in [7, 11) is 1.91. The van der Waals surface area contributed by atoms with Crippen molar-refractivity contribution < 1.29 is 9.21 Å². The Labute approximate surface area is 137 Å². The number of benzene rings is 1. The van der Waals surface area contributed by atoms with Crippen LogP contribution in [0.2, 0.25) is 0 Å². The molecule has 1 aliphatic rings. The average molecular weight is 323 g/mol. The maximum atomic E-state index is 12.7. The first kappa shape index (κ1) is 16.8. The monoisotopic (exact) mass is 322 g/mol. The third-order valence-electron chi connectivity index (χ3n) is 4.45. The molecule has 1 fully saturated rings. The van der Waals surface area contributed by atoms with Crippen molar-refractivity contribution in [1.29, 1.82) is 0 Å². The fourth-order valence-corrected chi connectivity index (χ4v) is 3.02. The van der Waals surface area contributed by atoms with Gasteiger partial charge in [0, 0.05) is 18.5 Å². The van der Waals surface area contributed by atoms with Crippen molar-refractivity contribution in [2.45, 2.75) is 31.7 Å². The van der Waals surface area contributed by atoms with E-state index in [1.165, 1.54) is 0 Å². The Balaban J connectivity index is 0.00000176. The Morgan fingerprint density at radius 1 is 1.32 bits per heavy atom. The number of carbonyl (C=O) groups excluding carboxylic acids is 1. The third kappa shape index (κ3) is 3.28. The molecule has 3 rings (SSSR count). The predicted molar refractivity (Wildman–Crippen MR) is 90.5 cm³/mol. The number of nitrogens with one attached hydrogen (secondary N) is 1. The maximum absolute atomic E-state index is 12.7. The van der Waals surface area contributed by atoms with Crippen molar-refractivity contribution in [3.63, 3.8) is 0 Å². The summed E-state index contributed by atoms with van der Waals surface area (Å²) in [6.45, 7) is 3.90. The van der Waals surface area contributed by atoms with Gasteiger partial charge in [0.15, 0.2) is 0 Å². The van der Waals surface area contributed by atoms with Crippen LogP contribution in [0.1, 0.15) is 31.4 Å². The van der Waals surface area contributed by atoms with Crippen LogP contribution in [0.4, 0.5) is 0 Å². The van der Waals surface area contributed by atoms with Crippen molar-refractivity contribution in [3.8, 4) is 0 Å². The minimum Gasteiger partial charge on any atom is -0.460 e. The molecule has 0 saturated carbocycles. The number of nitrogens with zero attached hydrogens (tertiary/aromatic N) is 1. The van der Waals surface area contributed by atoms with Gasteiger partial charge in [-0.15, -0.1) is 12.4 Å². The Bertz CT molecular complexity index is 601. The molecule has 120 valence electrons. The number of hydrogen-bond acceptors (Lipinski definition) is 3. The molecular formula is C17H23ClN2O2. The normalized spacial score (nSPS) is 17.0. The maximum Gasteiger partial charge on any atom is 0.233 e. The number of likely N-dealkylation sites (N-methyl/N-ethyl adjacent to an activating group) is 1. The molecule has 0 aliphatic carbocycles. The van der Waals surface area contributed by atoms with Crippen molar-refractivity contribution >= 4 is 29.3 Å². The number of amides is 1. The van der Waals surface area contributed by atoms with E-state index in [0.717, 1.165) is 42.7 Å². The highest BCUT2D eigenvalue weighted by Crippen LogP contribution is 2.27. The van der Waals surface area contributed by atoms with Gasteiger partial charge >= 0.3 is 0 Å². The van der Waals surface area contributed by atoms with Crippen LogP contribution >= 0.6 is 12.4 Å². The molecule has 1 saturated heterocycles. The summed E-state index contributed by atoms with van der Waals surface area (Å²) >= 11 is 0. The summed E-state index contributed by atoms with van der Waals surface area (Å²) in [4.78, 5) is 14.6. The summed E-state index contributed by atoms with van der Waals surface area (Å²) in [5.74, 6) is 0.653. The molecule has 2 heterocycles. The summed E-state index contributed by atoms with van der Waals surface area (Å²) in [5.41, 5.74) is 0.844. The van der Waals surface area contributed by atoms with Gasteiger partial charge in [0.2, 0.25) is 5.91 Å². The molecule has 1 aromatic heterocycles. The molecule has 1 amide bonds. The van der Waals surface area contributed by atoms with Gasteiger partial charge < -0.3 is 14.6 Å². The van der Waals surface area contributed by atoms with Crippen LogP contribution in [0, 0.1) is 0 Å². The number of rotatable bonds is 3. The largest absolute Gasteiger partial charge is 0.460 e. The van der Waals surface area contributed by atoms with Crippen molar-refractivity contribution in [2.75, 3.05) is 20.1 Å². The second-order valence-electron chi connectivity index (χ2n) is 5.84. The number of furan rings is 1. The molecule has 4 nitrogen and oxygen atoms in total. The van der Waals surface area contributed by atoms with Gasteiger partial charge in [-0.3, -0.25) is 4.79 Å². The number of hydrogen-bond donors (Lipinski definition) is 1. The lowest BCUT2D eigenvalue weighted by molar-refractivity contribution is -0.134. The number of fused-ring (bicyclic) bond motifs is 1. The molecule has 22 heavy (non-hydrogen) atoms. The first-order valence-electron chi connectivity index (χ1n) is 7.62. The fourth-order valence-electron chi connectivity index (χ4n) is 3.02. The smallest absolute Gasteiger partial charge is 0.233 e. The minimum atomic E-state index is -0.239. The number of halogens is 1. The van der Waals surface area contributed by atoms with E-state index in [0.29, 0.717) is 6.04 Å². The molecule has 1 aromatic carbocycles. The van der Waals surface area contributed by atoms with Crippen LogP contribution < -0.4 is 5.32 Å². The van der Waals surface area contributed by atoms with E-state index < -0.39 is 0 Å². The first-order chi connectivity index (χ1) is 10.2. The van der Waals surface area contributed by atoms with E-state index in [2.05, 4.69) is 5.32 Å². The standard InChI is InChI=1S/C17H22N2O2.ClH/c1-12(16-11-13-5-3-4-6-15(13)21-16)17(20)19(2)14-7-9-18-10-8-14;/h3-6,11-12,14,18H,7-10H2,1-2H3;1H. The van der Waals surface area contributed by atoms with Crippen LogP contribution in [0.5, 0.6) is 0 Å². The molecule has 2 aromatic rings. The Morgan fingerprint density at radius 2 is 2.00 bits per heavy atom. The second-order valence-corrected chi connectivity index (χ2v) is 5.84. The highest BCUT2D eigenvalue weighted by Gasteiger charge is 2.28. The summed E-state index contributed by atoms with van der Waals surface area (Å²) in [6, 6.07) is 10.2. The zero-order valence-electron chi connectivity index (χ0n) is 13.0. The lowest BCUT2D eigenvalue weighted by Gasteiger charge is -2.33. The topological polar surface area (TPSA) is 45.5 Å². The van der Waals surface area contributed by atoms with Crippen LogP contribution in [0.25, 0.3) is 11.0 Å². The highest BCUT2D eigenvalue weighted by molar-refractivity contribution is 5.86. The lowest BCUT2D eigenvalue weighted by Crippen LogP contribution is -2.45. The second kappa shape index (κ2) is 7.16. The minimum absolute atomic E-state index is 0. The average Bonchev–Trinajstić information content (AvgIpc) is 2.97. The summed E-state index contributed by atoms with van der Waals surface area (Å²) < 4.78 is 5.83. The quantitative estimate of drug-likeness (QED) is 0.944. The zero-order valence-corrected chi connectivity index (χ0v) is 13.9. The van der Waals surface area contributed by atoms with Gasteiger partial charge in [-0.2, -0.15) is 0 Å². The predicted octanol–water partition coefficient (Wildman–Crippen LogP) is 3.17. The molecule has 5 heteroatoms. The number of piperidine rings is 1. The van der Waals surface area contributed by atoms with Gasteiger partial charge in [0.1, 0.15) is 11.3 Å². The van der Waals surface area contributed by atoms with Crippen molar-refractivity contribution in [2.24, 2.45) is 0 Å². The molecule has 1 aliphatic heterocycles. The van der Waals surface area contributed by atoms with E-state index in [9.17, 15) is 4.79 Å². The SMILES string of the molecule is CC(C(=O)N(C)C1CCNCC1)c1cc2ccccc2o1.Cl. The Hall–Kier alpha value is -1.52. The lowest BCUT2D eigenvalue weighted by atomic mass is 10.0. The van der Waals surface area contributed by atoms with Gasteiger partial charge in [0.25, 0.3) is 0 Å². The summed E-state index contributed by atoms with van der Waals surface area (Å²) in [5, 5.41) is 4.38. The molecule has 0 bridgehead atoms. The molecular weight excluding hydrogens is 300 g/mol. The van der Waals surface area contributed by atoms with E-state index >= 15 is 0 Å². The Morgan fingerprint density at radius 3 is 2.68 bits per heavy atom. The van der Waals surface area contributed by atoms with Crippen molar-refractivity contribution in [1.82, 2.24) is 10.2 Å². The van der Waals surface area contributed by atoms with Gasteiger partial charge in [-0.05, 0) is 45.0 Å². The van der Waals surface area contributed by atoms with Crippen LogP contribution in [0.15, 0.2) is 34.7 Å². The van der Waals surface area contributed by atoms with Crippen LogP contribution in [-0.4, -0.2) is 37.0 Å². The van der Waals surface area contributed by atoms with Gasteiger partial charge in [0.05, 0.1) is 5.92 Å².